The molecule has 1 amide bonds. The van der Waals surface area contributed by atoms with E-state index in [1.54, 1.807) is 6.20 Å². The number of nitrogens with zero attached hydrogens (tertiary/aromatic N) is 2. The summed E-state index contributed by atoms with van der Waals surface area (Å²) < 4.78 is 5.74. The van der Waals surface area contributed by atoms with Gasteiger partial charge in [-0.15, -0.1) is 0 Å². The quantitative estimate of drug-likeness (QED) is 0.946. The molecule has 0 saturated carbocycles. The van der Waals surface area contributed by atoms with E-state index in [9.17, 15) is 4.79 Å². The second-order valence-electron chi connectivity index (χ2n) is 6.25. The molecule has 0 radical (unpaired) electrons. The van der Waals surface area contributed by atoms with Gasteiger partial charge in [-0.25, -0.2) is 0 Å². The smallest absolute Gasteiger partial charge is 0.241 e. The molecule has 1 aromatic heterocycles. The Morgan fingerprint density at radius 3 is 2.74 bits per heavy atom. The maximum absolute atomic E-state index is 12.7. The van der Waals surface area contributed by atoms with E-state index < -0.39 is 0 Å². The van der Waals surface area contributed by atoms with Crippen LogP contribution in [0.1, 0.15) is 20.8 Å². The summed E-state index contributed by atoms with van der Waals surface area (Å²) in [6.07, 6.45) is 2.05. The van der Waals surface area contributed by atoms with Crippen molar-refractivity contribution < 1.29 is 9.53 Å². The van der Waals surface area contributed by atoms with Crippen LogP contribution in [-0.4, -0.2) is 47.1 Å². The third-order valence-corrected chi connectivity index (χ3v) is 4.28. The molecule has 2 heterocycles. The molecule has 1 fully saturated rings. The summed E-state index contributed by atoms with van der Waals surface area (Å²) in [5.74, 6) is 0.00246. The van der Waals surface area contributed by atoms with Crippen LogP contribution in [0.25, 0.3) is 10.9 Å². The molecule has 3 atom stereocenters. The minimum atomic E-state index is -0.198. The van der Waals surface area contributed by atoms with Crippen LogP contribution in [0.5, 0.6) is 0 Å². The largest absolute Gasteiger partial charge is 0.373 e. The Balaban J connectivity index is 1.75. The molecule has 3 rings (SSSR count). The lowest BCUT2D eigenvalue weighted by Gasteiger charge is -2.38. The molecule has 0 spiro atoms. The monoisotopic (exact) mass is 313 g/mol. The van der Waals surface area contributed by atoms with E-state index in [2.05, 4.69) is 15.2 Å². The number of anilines is 1. The SMILES string of the molecule is CC1CN(C(C)C(=O)Nc2cccc3ncccc23)CC(C)O1. The first kappa shape index (κ1) is 15.9. The summed E-state index contributed by atoms with van der Waals surface area (Å²) in [5.41, 5.74) is 1.69. The number of nitrogens with one attached hydrogen (secondary N) is 1. The molecule has 23 heavy (non-hydrogen) atoms. The fourth-order valence-corrected chi connectivity index (χ4v) is 3.15. The summed E-state index contributed by atoms with van der Waals surface area (Å²) >= 11 is 0. The zero-order valence-corrected chi connectivity index (χ0v) is 13.8. The average Bonchev–Trinajstić information content (AvgIpc) is 2.53. The molecule has 3 unspecified atom stereocenters. The number of hydrogen-bond acceptors (Lipinski definition) is 4. The number of rotatable bonds is 3. The van der Waals surface area contributed by atoms with E-state index in [1.807, 2.05) is 51.1 Å². The molecular formula is C18H23N3O2. The Kier molecular flexibility index (Phi) is 4.59. The number of aromatic nitrogens is 1. The van der Waals surface area contributed by atoms with E-state index in [1.165, 1.54) is 0 Å². The Bertz CT molecular complexity index is 688. The summed E-state index contributed by atoms with van der Waals surface area (Å²) in [4.78, 5) is 19.2. The molecular weight excluding hydrogens is 290 g/mol. The minimum absolute atomic E-state index is 0.00246. The number of carbonyl (C=O) groups excluding carboxylic acids is 1. The Hall–Kier alpha value is -1.98. The van der Waals surface area contributed by atoms with Gasteiger partial charge in [-0.1, -0.05) is 6.07 Å². The third-order valence-electron chi connectivity index (χ3n) is 4.28. The predicted molar refractivity (Wildman–Crippen MR) is 91.4 cm³/mol. The molecule has 1 aromatic carbocycles. The van der Waals surface area contributed by atoms with Crippen molar-refractivity contribution in [1.82, 2.24) is 9.88 Å². The maximum Gasteiger partial charge on any atom is 0.241 e. The van der Waals surface area contributed by atoms with Crippen LogP contribution in [0.3, 0.4) is 0 Å². The van der Waals surface area contributed by atoms with Gasteiger partial charge < -0.3 is 10.1 Å². The third kappa shape index (κ3) is 3.51. The van der Waals surface area contributed by atoms with E-state index in [0.717, 1.165) is 29.7 Å². The highest BCUT2D eigenvalue weighted by Gasteiger charge is 2.29. The van der Waals surface area contributed by atoms with Crippen LogP contribution >= 0.6 is 0 Å². The zero-order valence-electron chi connectivity index (χ0n) is 13.8. The van der Waals surface area contributed by atoms with Gasteiger partial charge >= 0.3 is 0 Å². The van der Waals surface area contributed by atoms with E-state index in [-0.39, 0.29) is 24.2 Å². The molecule has 5 heteroatoms. The molecule has 1 aliphatic rings. The number of ether oxygens (including phenoxy) is 1. The highest BCUT2D eigenvalue weighted by molar-refractivity contribution is 6.02. The number of carbonyl (C=O) groups is 1. The van der Waals surface area contributed by atoms with Crippen LogP contribution in [0.2, 0.25) is 0 Å². The molecule has 1 aliphatic heterocycles. The van der Waals surface area contributed by atoms with Gasteiger partial charge in [0.25, 0.3) is 0 Å². The van der Waals surface area contributed by atoms with Crippen molar-refractivity contribution in [1.29, 1.82) is 0 Å². The first-order valence-electron chi connectivity index (χ1n) is 8.08. The fraction of sp³-hybridized carbons (Fsp3) is 0.444. The number of amides is 1. The van der Waals surface area contributed by atoms with Gasteiger partial charge in [0.05, 0.1) is 29.5 Å². The second kappa shape index (κ2) is 6.64. The number of pyridine rings is 1. The molecule has 0 bridgehead atoms. The van der Waals surface area contributed by atoms with Gasteiger partial charge in [-0.05, 0) is 45.0 Å². The van der Waals surface area contributed by atoms with Crippen LogP contribution in [0.4, 0.5) is 5.69 Å². The van der Waals surface area contributed by atoms with Crippen molar-refractivity contribution in [2.75, 3.05) is 18.4 Å². The first-order valence-corrected chi connectivity index (χ1v) is 8.08. The lowest BCUT2D eigenvalue weighted by atomic mass is 10.1. The highest BCUT2D eigenvalue weighted by atomic mass is 16.5. The van der Waals surface area contributed by atoms with E-state index >= 15 is 0 Å². The van der Waals surface area contributed by atoms with Gasteiger partial charge in [0.2, 0.25) is 5.91 Å². The van der Waals surface area contributed by atoms with Crippen LogP contribution in [0, 0.1) is 0 Å². The van der Waals surface area contributed by atoms with Crippen molar-refractivity contribution in [3.63, 3.8) is 0 Å². The second-order valence-corrected chi connectivity index (χ2v) is 6.25. The van der Waals surface area contributed by atoms with Crippen LogP contribution in [0.15, 0.2) is 36.5 Å². The highest BCUT2D eigenvalue weighted by Crippen LogP contribution is 2.22. The molecule has 1 saturated heterocycles. The average molecular weight is 313 g/mol. The lowest BCUT2D eigenvalue weighted by Crippen LogP contribution is -2.52. The Morgan fingerprint density at radius 1 is 1.26 bits per heavy atom. The van der Waals surface area contributed by atoms with Crippen molar-refractivity contribution in [2.24, 2.45) is 0 Å². The van der Waals surface area contributed by atoms with Gasteiger partial charge in [-0.3, -0.25) is 14.7 Å². The van der Waals surface area contributed by atoms with Gasteiger partial charge in [-0.2, -0.15) is 0 Å². The zero-order chi connectivity index (χ0) is 16.4. The van der Waals surface area contributed by atoms with Crippen molar-refractivity contribution in [2.45, 2.75) is 39.0 Å². The number of benzene rings is 1. The van der Waals surface area contributed by atoms with Crippen molar-refractivity contribution >= 4 is 22.5 Å². The van der Waals surface area contributed by atoms with Crippen molar-refractivity contribution in [3.8, 4) is 0 Å². The Morgan fingerprint density at radius 2 is 2.00 bits per heavy atom. The summed E-state index contributed by atoms with van der Waals surface area (Å²) in [7, 11) is 0. The Labute approximate surface area is 136 Å². The molecule has 0 aliphatic carbocycles. The van der Waals surface area contributed by atoms with Crippen molar-refractivity contribution in [3.05, 3.63) is 36.5 Å². The summed E-state index contributed by atoms with van der Waals surface area (Å²) in [6, 6.07) is 9.43. The number of morpholine rings is 1. The van der Waals surface area contributed by atoms with Crippen LogP contribution in [-0.2, 0) is 9.53 Å². The van der Waals surface area contributed by atoms with Gasteiger partial charge in [0.1, 0.15) is 0 Å². The molecule has 122 valence electrons. The topological polar surface area (TPSA) is 54.5 Å². The fourth-order valence-electron chi connectivity index (χ4n) is 3.15. The van der Waals surface area contributed by atoms with E-state index in [0.29, 0.717) is 0 Å². The van der Waals surface area contributed by atoms with Crippen LogP contribution < -0.4 is 5.32 Å². The molecule has 1 N–H and O–H groups in total. The summed E-state index contributed by atoms with van der Waals surface area (Å²) in [6.45, 7) is 7.59. The maximum atomic E-state index is 12.7. The number of fused-ring (bicyclic) bond motifs is 1. The lowest BCUT2D eigenvalue weighted by molar-refractivity contribution is -0.126. The first-order chi connectivity index (χ1) is 11.0. The standard InChI is InChI=1S/C18H23N3O2/c1-12-10-21(11-13(2)23-12)14(3)18(22)20-17-8-4-7-16-15(17)6-5-9-19-16/h4-9,12-14H,10-11H2,1-3H3,(H,20,22). The minimum Gasteiger partial charge on any atom is -0.373 e. The summed E-state index contributed by atoms with van der Waals surface area (Å²) in [5, 5.41) is 4.01. The molecule has 2 aromatic rings. The number of hydrogen-bond donors (Lipinski definition) is 1. The normalized spacial score (nSPS) is 23.6. The van der Waals surface area contributed by atoms with Gasteiger partial charge in [0, 0.05) is 24.7 Å². The molecule has 5 nitrogen and oxygen atoms in total. The van der Waals surface area contributed by atoms with Gasteiger partial charge in [0.15, 0.2) is 0 Å². The van der Waals surface area contributed by atoms with E-state index in [4.69, 9.17) is 4.74 Å². The predicted octanol–water partition coefficient (Wildman–Crippen LogP) is 2.67.